The first-order valence-electron chi connectivity index (χ1n) is 3.25. The van der Waals surface area contributed by atoms with Crippen molar-refractivity contribution in [3.8, 4) is 0 Å². The molecule has 1 rings (SSSR count). The predicted octanol–water partition coefficient (Wildman–Crippen LogP) is 1.53. The molecule has 0 aromatic rings. The lowest BCUT2D eigenvalue weighted by Gasteiger charge is -2.18. The molecule has 0 bridgehead atoms. The quantitative estimate of drug-likeness (QED) is 0.662. The average molecular weight is 216 g/mol. The van der Waals surface area contributed by atoms with Gasteiger partial charge in [0.1, 0.15) is 0 Å². The van der Waals surface area contributed by atoms with Crippen LogP contribution in [0.3, 0.4) is 0 Å². The number of nitrogens with one attached hydrogen (secondary N) is 1. The zero-order valence-electron chi connectivity index (χ0n) is 5.90. The highest BCUT2D eigenvalue weighted by molar-refractivity contribution is 6.59. The lowest BCUT2D eigenvalue weighted by atomic mass is 10.0. The monoisotopic (exact) mass is 215 g/mol. The lowest BCUT2D eigenvalue weighted by molar-refractivity contribution is -0.120. The van der Waals surface area contributed by atoms with Gasteiger partial charge in [0.05, 0.1) is 0 Å². The molecule has 0 spiro atoms. The molecule has 1 amide bonds. The molecule has 2 nitrogen and oxygen atoms in total. The third kappa shape index (κ3) is 1.44. The van der Waals surface area contributed by atoms with E-state index in [1.165, 1.54) is 0 Å². The van der Waals surface area contributed by atoms with Crippen LogP contribution in [0.4, 0.5) is 0 Å². The van der Waals surface area contributed by atoms with Crippen molar-refractivity contribution in [3.63, 3.8) is 0 Å². The molecule has 1 saturated heterocycles. The Morgan fingerprint density at radius 2 is 2.18 bits per heavy atom. The van der Waals surface area contributed by atoms with E-state index in [1.807, 2.05) is 6.92 Å². The molecule has 0 aromatic heterocycles. The van der Waals surface area contributed by atoms with Crippen molar-refractivity contribution in [2.24, 2.45) is 5.92 Å². The summed E-state index contributed by atoms with van der Waals surface area (Å²) in [5, 5.41) is 2.62. The van der Waals surface area contributed by atoms with Crippen LogP contribution >= 0.6 is 34.8 Å². The Hall–Kier alpha value is 0.340. The van der Waals surface area contributed by atoms with Crippen LogP contribution in [0, 0.1) is 5.92 Å². The molecule has 2 atom stereocenters. The second-order valence-corrected chi connectivity index (χ2v) is 4.34. The summed E-state index contributed by atoms with van der Waals surface area (Å²) in [6.45, 7) is 1.83. The summed E-state index contributed by atoms with van der Waals surface area (Å²) >= 11 is 17.1. The van der Waals surface area contributed by atoms with E-state index in [4.69, 9.17) is 34.8 Å². The van der Waals surface area contributed by atoms with Gasteiger partial charge in [0.15, 0.2) is 0 Å². The number of amides is 1. The van der Waals surface area contributed by atoms with Crippen LogP contribution in [0.2, 0.25) is 0 Å². The minimum atomic E-state index is -1.35. The Morgan fingerprint density at radius 3 is 2.36 bits per heavy atom. The van der Waals surface area contributed by atoms with Gasteiger partial charge in [-0.25, -0.2) is 0 Å². The molecule has 0 unspecified atom stereocenters. The Bertz CT molecular complexity index is 183. The average Bonchev–Trinajstić information content (AvgIpc) is 2.04. The molecule has 5 heteroatoms. The first-order valence-corrected chi connectivity index (χ1v) is 4.54. The summed E-state index contributed by atoms with van der Waals surface area (Å²) < 4.78 is -1.35. The van der Waals surface area contributed by atoms with Crippen LogP contribution in [-0.4, -0.2) is 22.2 Å². The van der Waals surface area contributed by atoms with E-state index in [0.29, 0.717) is 0 Å². The summed E-state index contributed by atoms with van der Waals surface area (Å²) in [4.78, 5) is 11.0. The fourth-order valence-corrected chi connectivity index (χ4v) is 2.41. The molecular formula is C6H8Cl3NO. The highest BCUT2D eigenvalue weighted by atomic mass is 35.5. The van der Waals surface area contributed by atoms with Crippen LogP contribution in [-0.2, 0) is 4.79 Å². The van der Waals surface area contributed by atoms with Crippen LogP contribution in [0.1, 0.15) is 6.92 Å². The van der Waals surface area contributed by atoms with E-state index in [1.54, 1.807) is 0 Å². The van der Waals surface area contributed by atoms with Crippen molar-refractivity contribution in [1.29, 1.82) is 0 Å². The zero-order chi connectivity index (χ0) is 8.65. The van der Waals surface area contributed by atoms with E-state index in [9.17, 15) is 4.79 Å². The van der Waals surface area contributed by atoms with Crippen molar-refractivity contribution in [2.45, 2.75) is 17.3 Å². The van der Waals surface area contributed by atoms with Gasteiger partial charge in [-0.1, -0.05) is 23.2 Å². The maximum Gasteiger partial charge on any atom is 0.257 e. The van der Waals surface area contributed by atoms with E-state index in [-0.39, 0.29) is 23.7 Å². The van der Waals surface area contributed by atoms with Crippen LogP contribution in [0.25, 0.3) is 0 Å². The number of carbonyl (C=O) groups is 1. The minimum absolute atomic E-state index is 0.0463. The van der Waals surface area contributed by atoms with Gasteiger partial charge in [-0.2, -0.15) is 0 Å². The molecule has 0 aromatic carbocycles. The fourth-order valence-electron chi connectivity index (χ4n) is 1.12. The molecule has 1 aliphatic heterocycles. The highest BCUT2D eigenvalue weighted by Crippen LogP contribution is 2.38. The van der Waals surface area contributed by atoms with Gasteiger partial charge in [-0.05, 0) is 6.92 Å². The van der Waals surface area contributed by atoms with Crippen molar-refractivity contribution in [2.75, 3.05) is 5.88 Å². The maximum atomic E-state index is 11.0. The van der Waals surface area contributed by atoms with Crippen molar-refractivity contribution in [1.82, 2.24) is 5.32 Å². The number of hydrogen-bond donors (Lipinski definition) is 1. The van der Waals surface area contributed by atoms with Crippen molar-refractivity contribution < 1.29 is 4.79 Å². The van der Waals surface area contributed by atoms with E-state index in [0.717, 1.165) is 0 Å². The first kappa shape index (κ1) is 9.43. The highest BCUT2D eigenvalue weighted by Gasteiger charge is 2.50. The van der Waals surface area contributed by atoms with Gasteiger partial charge in [0.2, 0.25) is 4.33 Å². The molecular weight excluding hydrogens is 208 g/mol. The normalized spacial score (nSPS) is 35.5. The van der Waals surface area contributed by atoms with E-state index in [2.05, 4.69) is 5.32 Å². The molecule has 0 aliphatic carbocycles. The fraction of sp³-hybridized carbons (Fsp3) is 0.833. The van der Waals surface area contributed by atoms with Crippen LogP contribution < -0.4 is 5.32 Å². The molecule has 1 fully saturated rings. The minimum Gasteiger partial charge on any atom is -0.351 e. The predicted molar refractivity (Wildman–Crippen MR) is 46.3 cm³/mol. The van der Waals surface area contributed by atoms with Gasteiger partial charge in [-0.3, -0.25) is 4.79 Å². The second kappa shape index (κ2) is 3.00. The summed E-state index contributed by atoms with van der Waals surface area (Å²) in [6, 6.07) is -0.0463. The topological polar surface area (TPSA) is 29.1 Å². The zero-order valence-corrected chi connectivity index (χ0v) is 8.17. The van der Waals surface area contributed by atoms with Gasteiger partial charge >= 0.3 is 0 Å². The Labute approximate surface area is 80.2 Å². The lowest BCUT2D eigenvalue weighted by Crippen LogP contribution is -2.31. The molecule has 1 heterocycles. The van der Waals surface area contributed by atoms with Gasteiger partial charge in [0.25, 0.3) is 5.91 Å². The number of hydrogen-bond acceptors (Lipinski definition) is 1. The summed E-state index contributed by atoms with van der Waals surface area (Å²) in [5.74, 6) is -0.272. The molecule has 0 radical (unpaired) electrons. The summed E-state index contributed by atoms with van der Waals surface area (Å²) in [5.41, 5.74) is 0. The van der Waals surface area contributed by atoms with Crippen LogP contribution in [0.5, 0.6) is 0 Å². The number of rotatable bonds is 1. The van der Waals surface area contributed by atoms with Crippen LogP contribution in [0.15, 0.2) is 0 Å². The number of halogens is 3. The van der Waals surface area contributed by atoms with Crippen molar-refractivity contribution >= 4 is 40.7 Å². The molecule has 11 heavy (non-hydrogen) atoms. The Balaban J connectivity index is 2.84. The standard InChI is InChI=1S/C6H8Cl3NO/c1-3-4(2-7)6(8,9)5(11)10-3/h3-4H,2H2,1H3,(H,10,11)/t3-,4-/m0/s1. The Morgan fingerprint density at radius 1 is 1.64 bits per heavy atom. The number of alkyl halides is 3. The molecule has 0 saturated carbocycles. The molecule has 1 aliphatic rings. The van der Waals surface area contributed by atoms with E-state index < -0.39 is 4.33 Å². The third-order valence-corrected chi connectivity index (χ3v) is 3.13. The first-order chi connectivity index (χ1) is 5.00. The van der Waals surface area contributed by atoms with Crippen molar-refractivity contribution in [3.05, 3.63) is 0 Å². The maximum absolute atomic E-state index is 11.0. The SMILES string of the molecule is C[C@@H]1NC(=O)C(Cl)(Cl)[C@H]1CCl. The number of carbonyl (C=O) groups excluding carboxylic acids is 1. The second-order valence-electron chi connectivity index (χ2n) is 2.65. The molecule has 1 N–H and O–H groups in total. The third-order valence-electron chi connectivity index (χ3n) is 1.90. The largest absolute Gasteiger partial charge is 0.351 e. The van der Waals surface area contributed by atoms with Gasteiger partial charge < -0.3 is 5.32 Å². The summed E-state index contributed by atoms with van der Waals surface area (Å²) in [7, 11) is 0. The summed E-state index contributed by atoms with van der Waals surface area (Å²) in [6.07, 6.45) is 0. The Kier molecular flexibility index (Phi) is 2.57. The molecule has 64 valence electrons. The van der Waals surface area contributed by atoms with Gasteiger partial charge in [-0.15, -0.1) is 11.6 Å². The van der Waals surface area contributed by atoms with Gasteiger partial charge in [0, 0.05) is 17.8 Å². The van der Waals surface area contributed by atoms with E-state index >= 15 is 0 Å². The smallest absolute Gasteiger partial charge is 0.257 e.